The fourth-order valence-corrected chi connectivity index (χ4v) is 10.6. The first kappa shape index (κ1) is 85.7. The molecule has 0 unspecified atom stereocenters. The van der Waals surface area contributed by atoms with Gasteiger partial charge in [-0.1, -0.05) is 214 Å². The normalized spacial score (nSPS) is 11.8. The van der Waals surface area contributed by atoms with Crippen molar-refractivity contribution in [3.63, 3.8) is 0 Å². The first-order valence-corrected chi connectivity index (χ1v) is 34.6. The monoisotopic (exact) mass is 1140 g/mol. The second-order valence-electron chi connectivity index (χ2n) is 23.0. The van der Waals surface area contributed by atoms with Gasteiger partial charge in [-0.2, -0.15) is 7.82 Å². The first-order chi connectivity index (χ1) is 35.0. The molecule has 0 radical (unpaired) electrons. The molecule has 0 rings (SSSR count). The van der Waals surface area contributed by atoms with Crippen molar-refractivity contribution >= 4 is 7.82 Å². The van der Waals surface area contributed by atoms with E-state index in [2.05, 4.69) is 111 Å². The molecular formula is C64H144BrN4O4P. The van der Waals surface area contributed by atoms with Crippen LogP contribution in [-0.4, -0.2) is 123 Å². The molecule has 0 N–H and O–H groups in total. The van der Waals surface area contributed by atoms with Gasteiger partial charge in [0.15, 0.2) is 0 Å². The Morgan fingerprint density at radius 3 is 0.297 bits per heavy atom. The Kier molecular flexibility index (Phi) is 72.5. The van der Waals surface area contributed by atoms with Crippen LogP contribution in [0.2, 0.25) is 0 Å². The maximum Gasteiger partial charge on any atom is 0.0786 e. The zero-order valence-corrected chi connectivity index (χ0v) is 56.7. The zero-order valence-electron chi connectivity index (χ0n) is 54.2. The van der Waals surface area contributed by atoms with Crippen LogP contribution in [0.5, 0.6) is 0 Å². The molecule has 0 aliphatic carbocycles. The molecule has 74 heavy (non-hydrogen) atoms. The number of phosphoric acid groups is 1. The summed E-state index contributed by atoms with van der Waals surface area (Å²) >= 11 is 0. The van der Waals surface area contributed by atoms with Crippen molar-refractivity contribution in [1.29, 1.82) is 0 Å². The Hall–Kier alpha value is 0.430. The SMILES string of the molecule is CCCC[N+](CCCC)(CCCC)CCCC.CCCC[N+](CCCC)(CCCC)CCCC.CCCC[N+](CCCC)(CCCC)CCCC.CCCC[N+](CCCC)(CCCC)CCCC.O=P([O-])([O-])[O-].[Br-]. The van der Waals surface area contributed by atoms with E-state index in [1.807, 2.05) is 0 Å². The minimum absolute atomic E-state index is 0. The molecule has 456 valence electrons. The van der Waals surface area contributed by atoms with E-state index in [-0.39, 0.29) is 17.0 Å². The van der Waals surface area contributed by atoms with Gasteiger partial charge in [0.1, 0.15) is 0 Å². The Morgan fingerprint density at radius 2 is 0.257 bits per heavy atom. The lowest BCUT2D eigenvalue weighted by molar-refractivity contribution is -0.929. The molecule has 0 saturated carbocycles. The lowest BCUT2D eigenvalue weighted by Crippen LogP contribution is -3.00. The fraction of sp³-hybridized carbons (Fsp3) is 1.00. The van der Waals surface area contributed by atoms with Gasteiger partial charge in [-0.15, -0.1) is 0 Å². The number of hydrogen-bond donors (Lipinski definition) is 0. The fourth-order valence-electron chi connectivity index (χ4n) is 10.6. The predicted molar refractivity (Wildman–Crippen MR) is 325 cm³/mol. The van der Waals surface area contributed by atoms with Crippen LogP contribution < -0.4 is 31.7 Å². The van der Waals surface area contributed by atoms with Crippen molar-refractivity contribution in [3.8, 4) is 0 Å². The van der Waals surface area contributed by atoms with Crippen LogP contribution >= 0.6 is 7.82 Å². The third kappa shape index (κ3) is 57.1. The van der Waals surface area contributed by atoms with Gasteiger partial charge in [0.05, 0.1) is 105 Å². The molecule has 0 bridgehead atoms. The summed E-state index contributed by atoms with van der Waals surface area (Å²) < 4.78 is 14.2. The summed E-state index contributed by atoms with van der Waals surface area (Å²) in [6.07, 6.45) is 44.2. The minimum atomic E-state index is -5.39. The van der Waals surface area contributed by atoms with Gasteiger partial charge in [0.2, 0.25) is 0 Å². The van der Waals surface area contributed by atoms with Crippen LogP contribution in [0.1, 0.15) is 316 Å². The molecule has 0 aromatic rings. The number of quaternary nitrogens is 4. The molecule has 10 heteroatoms. The smallest absolute Gasteiger partial charge is 0.0786 e. The summed E-state index contributed by atoms with van der Waals surface area (Å²) in [5.41, 5.74) is 0. The van der Waals surface area contributed by atoms with Gasteiger partial charge < -0.3 is 54.2 Å². The summed E-state index contributed by atoms with van der Waals surface area (Å²) in [7, 11) is -5.39. The lowest BCUT2D eigenvalue weighted by atomic mass is 10.1. The second-order valence-corrected chi connectivity index (χ2v) is 23.9. The van der Waals surface area contributed by atoms with E-state index in [0.29, 0.717) is 0 Å². The Labute approximate surface area is 480 Å². The molecule has 0 atom stereocenters. The lowest BCUT2D eigenvalue weighted by Gasteiger charge is -2.39. The van der Waals surface area contributed by atoms with Gasteiger partial charge in [0, 0.05) is 0 Å². The largest absolute Gasteiger partial charge is 1.00 e. The van der Waals surface area contributed by atoms with E-state index in [1.165, 1.54) is 328 Å². The van der Waals surface area contributed by atoms with E-state index in [0.717, 1.165) is 0 Å². The van der Waals surface area contributed by atoms with Crippen LogP contribution in [0, 0.1) is 0 Å². The predicted octanol–water partition coefficient (Wildman–Crippen LogP) is 14.2. The number of halogens is 1. The first-order valence-electron chi connectivity index (χ1n) is 33.1. The van der Waals surface area contributed by atoms with Crippen LogP contribution in [0.15, 0.2) is 0 Å². The Bertz CT molecular complexity index is 780. The van der Waals surface area contributed by atoms with Crippen LogP contribution in [-0.2, 0) is 4.57 Å². The average molecular weight is 1140 g/mol. The van der Waals surface area contributed by atoms with Gasteiger partial charge in [-0.3, -0.25) is 0 Å². The minimum Gasteiger partial charge on any atom is -1.00 e. The highest BCUT2D eigenvalue weighted by Gasteiger charge is 2.28. The summed E-state index contributed by atoms with van der Waals surface area (Å²) in [4.78, 5) is 25.6. The van der Waals surface area contributed by atoms with E-state index >= 15 is 0 Å². The van der Waals surface area contributed by atoms with Crippen LogP contribution in [0.25, 0.3) is 0 Å². The Balaban J connectivity index is -0.000000201. The molecule has 0 heterocycles. The number of rotatable bonds is 48. The summed E-state index contributed by atoms with van der Waals surface area (Å²) in [6.45, 7) is 60.1. The summed E-state index contributed by atoms with van der Waals surface area (Å²) in [5, 5.41) is 0. The molecule has 0 amide bonds. The highest BCUT2D eigenvalue weighted by molar-refractivity contribution is 7.40. The average Bonchev–Trinajstić information content (AvgIpc) is 3.39. The van der Waals surface area contributed by atoms with E-state index in [4.69, 9.17) is 19.2 Å². The van der Waals surface area contributed by atoms with Gasteiger partial charge >= 0.3 is 0 Å². The molecule has 0 aromatic heterocycles. The molecule has 0 aromatic carbocycles. The van der Waals surface area contributed by atoms with Crippen LogP contribution in [0.3, 0.4) is 0 Å². The third-order valence-electron chi connectivity index (χ3n) is 15.8. The van der Waals surface area contributed by atoms with Crippen molar-refractivity contribution in [2.75, 3.05) is 105 Å². The zero-order chi connectivity index (χ0) is 56.4. The molecule has 0 aliphatic rings. The van der Waals surface area contributed by atoms with E-state index < -0.39 is 7.82 Å². The molecule has 0 saturated heterocycles. The van der Waals surface area contributed by atoms with Gasteiger partial charge in [-0.05, 0) is 103 Å². The van der Waals surface area contributed by atoms with Crippen molar-refractivity contribution in [1.82, 2.24) is 0 Å². The number of nitrogens with zero attached hydrogens (tertiary/aromatic N) is 4. The number of unbranched alkanes of at least 4 members (excludes halogenated alkanes) is 16. The van der Waals surface area contributed by atoms with Gasteiger partial charge in [-0.25, -0.2) is 0 Å². The van der Waals surface area contributed by atoms with Crippen molar-refractivity contribution in [2.45, 2.75) is 316 Å². The van der Waals surface area contributed by atoms with Crippen molar-refractivity contribution in [2.24, 2.45) is 0 Å². The van der Waals surface area contributed by atoms with E-state index in [9.17, 15) is 0 Å². The van der Waals surface area contributed by atoms with Gasteiger partial charge in [0.25, 0.3) is 0 Å². The molecule has 8 nitrogen and oxygen atoms in total. The van der Waals surface area contributed by atoms with Crippen molar-refractivity contribution < 1.29 is 54.2 Å². The molecular weight excluding hydrogens is 1000 g/mol. The maximum absolute atomic E-state index is 8.55. The molecule has 0 aliphatic heterocycles. The van der Waals surface area contributed by atoms with Crippen LogP contribution in [0.4, 0.5) is 0 Å². The topological polar surface area (TPSA) is 86.2 Å². The molecule has 0 spiro atoms. The highest BCUT2D eigenvalue weighted by Crippen LogP contribution is 2.20. The summed E-state index contributed by atoms with van der Waals surface area (Å²) in [6, 6.07) is 0. The van der Waals surface area contributed by atoms with E-state index in [1.54, 1.807) is 0 Å². The standard InChI is InChI=1S/4C16H36N.BrH.H3O4P/c4*1-5-9-13-17(14-10-6-2,15-11-7-3)16-12-8-4;;1-5(2,3)4/h4*5-16H2,1-4H3;1H;(H3,1,2,3,4)/q4*+1;;/p-4. The Morgan fingerprint density at radius 1 is 0.203 bits per heavy atom. The maximum atomic E-state index is 8.55. The quantitative estimate of drug-likeness (QED) is 0.0449. The number of hydrogen-bond acceptors (Lipinski definition) is 4. The summed E-state index contributed by atoms with van der Waals surface area (Å²) in [5.74, 6) is 0. The highest BCUT2D eigenvalue weighted by atomic mass is 79.9. The molecule has 0 fully saturated rings. The second kappa shape index (κ2) is 62.6. The third-order valence-corrected chi connectivity index (χ3v) is 15.8. The van der Waals surface area contributed by atoms with Crippen molar-refractivity contribution in [3.05, 3.63) is 0 Å².